The first-order valence-corrected chi connectivity index (χ1v) is 6.85. The van der Waals surface area contributed by atoms with Crippen LogP contribution >= 0.6 is 0 Å². The van der Waals surface area contributed by atoms with Crippen LogP contribution in [0.3, 0.4) is 0 Å². The number of ether oxygens (including phenoxy) is 2. The van der Waals surface area contributed by atoms with Gasteiger partial charge in [0.15, 0.2) is 6.61 Å². The van der Waals surface area contributed by atoms with Crippen molar-refractivity contribution in [1.82, 2.24) is 5.32 Å². The molecule has 1 N–H and O–H groups in total. The van der Waals surface area contributed by atoms with Crippen molar-refractivity contribution >= 4 is 12.1 Å². The summed E-state index contributed by atoms with van der Waals surface area (Å²) in [6.07, 6.45) is -1.48. The van der Waals surface area contributed by atoms with Gasteiger partial charge in [-0.25, -0.2) is 4.79 Å². The average molecular weight is 323 g/mol. The predicted molar refractivity (Wildman–Crippen MR) is 72.0 cm³/mol. The van der Waals surface area contributed by atoms with E-state index in [4.69, 9.17) is 4.74 Å². The second kappa shape index (κ2) is 7.02. The van der Waals surface area contributed by atoms with Crippen LogP contribution in [0.15, 0.2) is 12.2 Å². The second-order valence-corrected chi connectivity index (χ2v) is 6.11. The fourth-order valence-corrected chi connectivity index (χ4v) is 1.93. The third-order valence-electron chi connectivity index (χ3n) is 2.70. The van der Waals surface area contributed by atoms with Crippen LogP contribution in [-0.4, -0.2) is 36.5 Å². The molecule has 2 atom stereocenters. The van der Waals surface area contributed by atoms with Gasteiger partial charge in [-0.3, -0.25) is 4.79 Å². The van der Waals surface area contributed by atoms with Crippen LogP contribution in [0.4, 0.5) is 18.0 Å². The summed E-state index contributed by atoms with van der Waals surface area (Å²) in [5.41, 5.74) is -0.618. The van der Waals surface area contributed by atoms with E-state index in [1.165, 1.54) is 0 Å². The number of allylic oxidation sites excluding steroid dienone is 1. The van der Waals surface area contributed by atoms with Gasteiger partial charge in [-0.05, 0) is 33.1 Å². The summed E-state index contributed by atoms with van der Waals surface area (Å²) in [5, 5.41) is 2.61. The van der Waals surface area contributed by atoms with E-state index in [-0.39, 0.29) is 18.4 Å². The molecule has 0 bridgehead atoms. The Morgan fingerprint density at radius 2 is 1.86 bits per heavy atom. The van der Waals surface area contributed by atoms with Gasteiger partial charge >= 0.3 is 18.2 Å². The lowest BCUT2D eigenvalue weighted by molar-refractivity contribution is -0.186. The number of nitrogens with one attached hydrogen (secondary N) is 1. The summed E-state index contributed by atoms with van der Waals surface area (Å²) in [6.45, 7) is 3.62. The fraction of sp³-hybridized carbons (Fsp3) is 0.714. The number of hydrogen-bond acceptors (Lipinski definition) is 4. The van der Waals surface area contributed by atoms with Crippen LogP contribution in [0.25, 0.3) is 0 Å². The van der Waals surface area contributed by atoms with Gasteiger partial charge in [-0.15, -0.1) is 0 Å². The molecule has 1 aliphatic carbocycles. The van der Waals surface area contributed by atoms with Crippen molar-refractivity contribution in [3.63, 3.8) is 0 Å². The van der Waals surface area contributed by atoms with Crippen LogP contribution in [0.1, 0.15) is 33.6 Å². The van der Waals surface area contributed by atoms with Crippen molar-refractivity contribution in [1.29, 1.82) is 0 Å². The highest BCUT2D eigenvalue weighted by molar-refractivity contribution is 5.70. The van der Waals surface area contributed by atoms with Crippen molar-refractivity contribution in [2.75, 3.05) is 6.61 Å². The van der Waals surface area contributed by atoms with E-state index in [1.807, 2.05) is 0 Å². The molecule has 0 fully saturated rings. The Balaban J connectivity index is 2.30. The molecule has 0 spiro atoms. The minimum atomic E-state index is -4.53. The molecule has 0 saturated heterocycles. The summed E-state index contributed by atoms with van der Waals surface area (Å²) < 4.78 is 45.0. The van der Waals surface area contributed by atoms with Crippen LogP contribution in [0, 0.1) is 5.92 Å². The first-order chi connectivity index (χ1) is 9.94. The summed E-state index contributed by atoms with van der Waals surface area (Å²) >= 11 is 0. The van der Waals surface area contributed by atoms with Crippen molar-refractivity contribution in [2.24, 2.45) is 5.92 Å². The number of carbonyl (C=O) groups is 2. The van der Waals surface area contributed by atoms with Crippen LogP contribution in [0.2, 0.25) is 0 Å². The van der Waals surface area contributed by atoms with Crippen molar-refractivity contribution in [3.05, 3.63) is 12.2 Å². The summed E-state index contributed by atoms with van der Waals surface area (Å²) in [6, 6.07) is -0.310. The smallest absolute Gasteiger partial charge is 0.422 e. The van der Waals surface area contributed by atoms with E-state index in [1.54, 1.807) is 32.9 Å². The first kappa shape index (κ1) is 18.3. The van der Waals surface area contributed by atoms with Crippen LogP contribution in [0.5, 0.6) is 0 Å². The first-order valence-electron chi connectivity index (χ1n) is 6.85. The molecular weight excluding hydrogens is 303 g/mol. The standard InChI is InChI=1S/C14H20F3NO4/c1-13(2,3)22-12(20)18-10-5-4-9(6-10)7-11(19)21-8-14(15,16)17/h4-5,9-10H,6-8H2,1-3H3,(H,18,20)/t9-,10-/m1/s1. The fourth-order valence-electron chi connectivity index (χ4n) is 1.93. The minimum absolute atomic E-state index is 0.154. The third kappa shape index (κ3) is 7.90. The predicted octanol–water partition coefficient (Wildman–Crippen LogP) is 2.95. The highest BCUT2D eigenvalue weighted by Crippen LogP contribution is 2.23. The Labute approximate surface area is 126 Å². The molecule has 0 aromatic carbocycles. The topological polar surface area (TPSA) is 64.6 Å². The summed E-state index contributed by atoms with van der Waals surface area (Å²) in [5.74, 6) is -1.18. The number of hydrogen-bond donors (Lipinski definition) is 1. The molecule has 22 heavy (non-hydrogen) atoms. The molecule has 1 amide bonds. The van der Waals surface area contributed by atoms with Crippen molar-refractivity contribution in [2.45, 2.75) is 51.4 Å². The van der Waals surface area contributed by atoms with Crippen molar-refractivity contribution < 1.29 is 32.2 Å². The maximum atomic E-state index is 11.9. The molecule has 0 unspecified atom stereocenters. The Morgan fingerprint density at radius 3 is 2.41 bits per heavy atom. The van der Waals surface area contributed by atoms with Gasteiger partial charge in [-0.1, -0.05) is 12.2 Å². The highest BCUT2D eigenvalue weighted by Gasteiger charge is 2.31. The maximum Gasteiger partial charge on any atom is 0.422 e. The lowest BCUT2D eigenvalue weighted by Crippen LogP contribution is -2.37. The Morgan fingerprint density at radius 1 is 1.23 bits per heavy atom. The monoisotopic (exact) mass is 323 g/mol. The van der Waals surface area contributed by atoms with Gasteiger partial charge in [-0.2, -0.15) is 13.2 Å². The normalized spacial score (nSPS) is 21.5. The molecule has 0 aromatic rings. The quantitative estimate of drug-likeness (QED) is 0.638. The van der Waals surface area contributed by atoms with E-state index in [9.17, 15) is 22.8 Å². The molecule has 5 nitrogen and oxygen atoms in total. The van der Waals surface area contributed by atoms with E-state index in [0.29, 0.717) is 6.42 Å². The van der Waals surface area contributed by atoms with E-state index >= 15 is 0 Å². The Kier molecular flexibility index (Phi) is 5.85. The molecule has 8 heteroatoms. The number of rotatable bonds is 4. The maximum absolute atomic E-state index is 11.9. The van der Waals surface area contributed by atoms with Crippen LogP contribution in [-0.2, 0) is 14.3 Å². The average Bonchev–Trinajstić information content (AvgIpc) is 2.70. The van der Waals surface area contributed by atoms with E-state index in [2.05, 4.69) is 10.1 Å². The van der Waals surface area contributed by atoms with E-state index < -0.39 is 30.4 Å². The number of alkyl halides is 3. The molecule has 1 aliphatic rings. The number of alkyl carbamates (subject to hydrolysis) is 1. The van der Waals surface area contributed by atoms with Gasteiger partial charge in [0.25, 0.3) is 0 Å². The Hall–Kier alpha value is -1.73. The molecule has 0 heterocycles. The zero-order valence-corrected chi connectivity index (χ0v) is 12.7. The molecule has 126 valence electrons. The SMILES string of the molecule is CC(C)(C)OC(=O)N[C@@H]1C=C[C@@H](CC(=O)OCC(F)(F)F)C1. The summed E-state index contributed by atoms with van der Waals surface area (Å²) in [4.78, 5) is 22.9. The zero-order chi connectivity index (χ0) is 17.0. The number of amides is 1. The number of esters is 1. The van der Waals surface area contributed by atoms with Crippen LogP contribution < -0.4 is 5.32 Å². The molecule has 0 radical (unpaired) electrons. The lowest BCUT2D eigenvalue weighted by atomic mass is 10.0. The minimum Gasteiger partial charge on any atom is -0.456 e. The number of halogens is 3. The number of carbonyl (C=O) groups excluding carboxylic acids is 2. The van der Waals surface area contributed by atoms with Gasteiger partial charge in [0.05, 0.1) is 12.5 Å². The highest BCUT2D eigenvalue weighted by atomic mass is 19.4. The largest absolute Gasteiger partial charge is 0.456 e. The second-order valence-electron chi connectivity index (χ2n) is 6.11. The zero-order valence-electron chi connectivity index (χ0n) is 12.7. The van der Waals surface area contributed by atoms with E-state index in [0.717, 1.165) is 0 Å². The molecule has 0 saturated carbocycles. The third-order valence-corrected chi connectivity index (χ3v) is 2.70. The Bertz CT molecular complexity index is 440. The van der Waals surface area contributed by atoms with Gasteiger partial charge < -0.3 is 14.8 Å². The molecular formula is C14H20F3NO4. The lowest BCUT2D eigenvalue weighted by Gasteiger charge is -2.21. The van der Waals surface area contributed by atoms with Gasteiger partial charge in [0, 0.05) is 0 Å². The van der Waals surface area contributed by atoms with Gasteiger partial charge in [0.2, 0.25) is 0 Å². The molecule has 1 rings (SSSR count). The molecule has 0 aliphatic heterocycles. The van der Waals surface area contributed by atoms with Crippen molar-refractivity contribution in [3.8, 4) is 0 Å². The van der Waals surface area contributed by atoms with Gasteiger partial charge in [0.1, 0.15) is 5.60 Å². The summed E-state index contributed by atoms with van der Waals surface area (Å²) in [7, 11) is 0. The molecule has 0 aromatic heterocycles.